The van der Waals surface area contributed by atoms with Crippen LogP contribution in [0, 0.1) is 0 Å². The van der Waals surface area contributed by atoms with E-state index in [1.165, 1.54) is 5.57 Å². The van der Waals surface area contributed by atoms with Gasteiger partial charge in [0.2, 0.25) is 0 Å². The molecule has 1 fully saturated rings. The van der Waals surface area contributed by atoms with Gasteiger partial charge in [0.05, 0.1) is 0 Å². The van der Waals surface area contributed by atoms with Gasteiger partial charge < -0.3 is 10.6 Å². The van der Waals surface area contributed by atoms with Gasteiger partial charge in [-0.25, -0.2) is 0 Å². The van der Waals surface area contributed by atoms with Gasteiger partial charge in [0.25, 0.3) is 5.91 Å². The molecule has 0 unspecified atom stereocenters. The van der Waals surface area contributed by atoms with Crippen molar-refractivity contribution in [3.63, 3.8) is 0 Å². The number of nitrogen functional groups attached to an aromatic ring is 1. The predicted octanol–water partition coefficient (Wildman–Crippen LogP) is 3.74. The van der Waals surface area contributed by atoms with E-state index in [0.29, 0.717) is 11.3 Å². The van der Waals surface area contributed by atoms with E-state index in [1.54, 1.807) is 18.2 Å². The largest absolute Gasteiger partial charge is 0.399 e. The van der Waals surface area contributed by atoms with Crippen LogP contribution >= 0.6 is 0 Å². The van der Waals surface area contributed by atoms with Crippen LogP contribution < -0.4 is 5.73 Å². The highest BCUT2D eigenvalue weighted by molar-refractivity contribution is 5.95. The van der Waals surface area contributed by atoms with E-state index in [2.05, 4.69) is 18.1 Å². The highest BCUT2D eigenvalue weighted by Crippen LogP contribution is 2.13. The van der Waals surface area contributed by atoms with E-state index in [1.807, 2.05) is 43.0 Å². The van der Waals surface area contributed by atoms with Gasteiger partial charge in [0.15, 0.2) is 0 Å². The summed E-state index contributed by atoms with van der Waals surface area (Å²) in [6.07, 6.45) is 6.62. The molecule has 1 amide bonds. The number of hydrogen-bond acceptors (Lipinski definition) is 3. The van der Waals surface area contributed by atoms with Gasteiger partial charge in [-0.2, -0.15) is 0 Å². The van der Waals surface area contributed by atoms with E-state index in [4.69, 9.17) is 5.73 Å². The Bertz CT molecular complexity index is 599. The first-order valence-electron chi connectivity index (χ1n) is 8.95. The Morgan fingerprint density at radius 3 is 2.44 bits per heavy atom. The Hall–Kier alpha value is -2.33. The summed E-state index contributed by atoms with van der Waals surface area (Å²) in [7, 11) is 0. The minimum absolute atomic E-state index is 0.0651. The van der Waals surface area contributed by atoms with Crippen LogP contribution in [0.1, 0.15) is 30.6 Å². The summed E-state index contributed by atoms with van der Waals surface area (Å²) in [6, 6.07) is 7.18. The fraction of sp³-hybridized carbons (Fsp3) is 0.381. The van der Waals surface area contributed by atoms with E-state index in [9.17, 15) is 4.79 Å². The number of nitrogens with two attached hydrogens (primary N) is 1. The summed E-state index contributed by atoms with van der Waals surface area (Å²) in [5.74, 6) is 0.0651. The lowest BCUT2D eigenvalue weighted by Gasteiger charge is -2.34. The van der Waals surface area contributed by atoms with Crippen molar-refractivity contribution in [3.05, 3.63) is 66.8 Å². The van der Waals surface area contributed by atoms with Crippen LogP contribution in [0.3, 0.4) is 0 Å². The van der Waals surface area contributed by atoms with Gasteiger partial charge in [0.1, 0.15) is 0 Å². The third-order valence-electron chi connectivity index (χ3n) is 4.10. The van der Waals surface area contributed by atoms with E-state index >= 15 is 0 Å². The predicted molar refractivity (Wildman–Crippen MR) is 108 cm³/mol. The molecule has 2 rings (SSSR count). The lowest BCUT2D eigenvalue weighted by atomic mass is 10.1. The number of nitrogens with zero attached hydrogens (tertiary/aromatic N) is 2. The Morgan fingerprint density at radius 1 is 1.20 bits per heavy atom. The number of piperazine rings is 1. The Labute approximate surface area is 152 Å². The van der Waals surface area contributed by atoms with Crippen molar-refractivity contribution in [3.8, 4) is 0 Å². The zero-order valence-electron chi connectivity index (χ0n) is 15.6. The fourth-order valence-electron chi connectivity index (χ4n) is 2.72. The molecule has 0 spiro atoms. The van der Waals surface area contributed by atoms with Crippen molar-refractivity contribution >= 4 is 11.6 Å². The molecule has 0 radical (unpaired) electrons. The lowest BCUT2D eigenvalue weighted by molar-refractivity contribution is 0.0639. The highest BCUT2D eigenvalue weighted by Gasteiger charge is 2.21. The molecular formula is C21H31N3O. The molecule has 4 heteroatoms. The van der Waals surface area contributed by atoms with E-state index < -0.39 is 0 Å². The van der Waals surface area contributed by atoms with Crippen molar-refractivity contribution < 1.29 is 4.79 Å². The Kier molecular flexibility index (Phi) is 9.33. The summed E-state index contributed by atoms with van der Waals surface area (Å²) in [4.78, 5) is 16.8. The molecule has 0 aliphatic carbocycles. The fourth-order valence-corrected chi connectivity index (χ4v) is 2.72. The smallest absolute Gasteiger partial charge is 0.254 e. The summed E-state index contributed by atoms with van der Waals surface area (Å²) < 4.78 is 0. The molecule has 1 aromatic carbocycles. The maximum Gasteiger partial charge on any atom is 0.254 e. The van der Waals surface area contributed by atoms with Gasteiger partial charge in [-0.3, -0.25) is 9.69 Å². The summed E-state index contributed by atoms with van der Waals surface area (Å²) >= 11 is 0. The number of hydrogen-bond donors (Lipinski definition) is 1. The summed E-state index contributed by atoms with van der Waals surface area (Å²) in [5, 5.41) is 0. The Balaban J connectivity index is 0.00000151. The van der Waals surface area contributed by atoms with Gasteiger partial charge >= 0.3 is 0 Å². The summed E-state index contributed by atoms with van der Waals surface area (Å²) in [6.45, 7) is 15.8. The van der Waals surface area contributed by atoms with Gasteiger partial charge in [-0.05, 0) is 30.2 Å². The van der Waals surface area contributed by atoms with Crippen molar-refractivity contribution in [1.82, 2.24) is 9.80 Å². The zero-order chi connectivity index (χ0) is 18.7. The lowest BCUT2D eigenvalue weighted by Crippen LogP contribution is -2.48. The summed E-state index contributed by atoms with van der Waals surface area (Å²) in [5.41, 5.74) is 8.24. The SMILES string of the molecule is C=C/C=C(\C=C)CCN1CCN(C(=O)c2cccc(N)c2)CC1.CC. The van der Waals surface area contributed by atoms with Crippen LogP contribution in [0.25, 0.3) is 0 Å². The average Bonchev–Trinajstić information content (AvgIpc) is 2.66. The second kappa shape index (κ2) is 11.3. The monoisotopic (exact) mass is 341 g/mol. The van der Waals surface area contributed by atoms with Gasteiger partial charge in [-0.1, -0.05) is 51.3 Å². The first-order valence-corrected chi connectivity index (χ1v) is 8.95. The molecule has 0 bridgehead atoms. The first kappa shape index (κ1) is 20.7. The van der Waals surface area contributed by atoms with Crippen molar-refractivity contribution in [2.75, 3.05) is 38.5 Å². The maximum absolute atomic E-state index is 12.5. The maximum atomic E-state index is 12.5. The van der Waals surface area contributed by atoms with Crippen LogP contribution in [-0.4, -0.2) is 48.4 Å². The van der Waals surface area contributed by atoms with Crippen LogP contribution in [0.5, 0.6) is 0 Å². The number of anilines is 1. The molecule has 25 heavy (non-hydrogen) atoms. The number of carbonyl (C=O) groups excluding carboxylic acids is 1. The quantitative estimate of drug-likeness (QED) is 0.633. The number of carbonyl (C=O) groups is 1. The van der Waals surface area contributed by atoms with Gasteiger partial charge in [0, 0.05) is 44.0 Å². The molecule has 136 valence electrons. The molecular weight excluding hydrogens is 310 g/mol. The second-order valence-electron chi connectivity index (χ2n) is 5.69. The average molecular weight is 341 g/mol. The minimum atomic E-state index is 0.0651. The molecule has 0 atom stereocenters. The molecule has 1 saturated heterocycles. The van der Waals surface area contributed by atoms with Gasteiger partial charge in [-0.15, -0.1) is 0 Å². The molecule has 1 aliphatic rings. The van der Waals surface area contributed by atoms with E-state index in [0.717, 1.165) is 39.1 Å². The number of rotatable bonds is 6. The highest BCUT2D eigenvalue weighted by atomic mass is 16.2. The van der Waals surface area contributed by atoms with Crippen LogP contribution in [0.15, 0.2) is 61.2 Å². The van der Waals surface area contributed by atoms with Crippen molar-refractivity contribution in [2.45, 2.75) is 20.3 Å². The Morgan fingerprint density at radius 2 is 1.88 bits per heavy atom. The molecule has 0 saturated carbocycles. The van der Waals surface area contributed by atoms with Crippen LogP contribution in [0.2, 0.25) is 0 Å². The van der Waals surface area contributed by atoms with Crippen molar-refractivity contribution in [1.29, 1.82) is 0 Å². The standard InChI is InChI=1S/C19H25N3O.C2H6/c1-3-6-16(4-2)9-10-21-11-13-22(14-12-21)19(23)17-7-5-8-18(20)15-17;1-2/h3-8,15H,1-2,9-14,20H2;1-2H3/b16-6+;. The molecule has 2 N–H and O–H groups in total. The third kappa shape index (κ3) is 6.59. The first-order chi connectivity index (χ1) is 12.1. The molecule has 1 aliphatic heterocycles. The number of allylic oxidation sites excluding steroid dienone is 3. The third-order valence-corrected chi connectivity index (χ3v) is 4.10. The minimum Gasteiger partial charge on any atom is -0.399 e. The van der Waals surface area contributed by atoms with Crippen LogP contribution in [-0.2, 0) is 0 Å². The van der Waals surface area contributed by atoms with Crippen LogP contribution in [0.4, 0.5) is 5.69 Å². The molecule has 1 aromatic rings. The number of amides is 1. The molecule has 4 nitrogen and oxygen atoms in total. The zero-order valence-corrected chi connectivity index (χ0v) is 15.6. The topological polar surface area (TPSA) is 49.6 Å². The molecule has 1 heterocycles. The second-order valence-corrected chi connectivity index (χ2v) is 5.69. The van der Waals surface area contributed by atoms with E-state index in [-0.39, 0.29) is 5.91 Å². The van der Waals surface area contributed by atoms with Crippen molar-refractivity contribution in [2.24, 2.45) is 0 Å². The molecule has 0 aromatic heterocycles. The number of benzene rings is 1. The normalized spacial score (nSPS) is 15.1.